The molecule has 2 atom stereocenters. The standard InChI is InChI=1S/C16H25NO2/c1-3-17-15-10-5-6-11-16(15)19-14-9-7-8-13(12-14)18-4-2/h7-9,12,15-17H,3-6,10-11H2,1-2H3. The van der Waals surface area contributed by atoms with Crippen LogP contribution in [0.4, 0.5) is 0 Å². The lowest BCUT2D eigenvalue weighted by Crippen LogP contribution is -2.45. The van der Waals surface area contributed by atoms with Gasteiger partial charge in [0.05, 0.1) is 6.61 Å². The summed E-state index contributed by atoms with van der Waals surface area (Å²) in [6.07, 6.45) is 5.19. The monoisotopic (exact) mass is 263 g/mol. The molecule has 0 amide bonds. The van der Waals surface area contributed by atoms with E-state index in [1.165, 1.54) is 19.3 Å². The summed E-state index contributed by atoms with van der Waals surface area (Å²) in [4.78, 5) is 0. The van der Waals surface area contributed by atoms with Crippen LogP contribution >= 0.6 is 0 Å². The van der Waals surface area contributed by atoms with Crippen LogP contribution in [0.2, 0.25) is 0 Å². The van der Waals surface area contributed by atoms with Crippen LogP contribution in [0.5, 0.6) is 11.5 Å². The lowest BCUT2D eigenvalue weighted by atomic mass is 9.92. The van der Waals surface area contributed by atoms with Crippen LogP contribution in [-0.4, -0.2) is 25.3 Å². The fraction of sp³-hybridized carbons (Fsp3) is 0.625. The second-order valence-corrected chi connectivity index (χ2v) is 5.01. The first-order valence-corrected chi connectivity index (χ1v) is 7.46. The first kappa shape index (κ1) is 14.2. The van der Waals surface area contributed by atoms with Gasteiger partial charge < -0.3 is 14.8 Å². The zero-order valence-corrected chi connectivity index (χ0v) is 12.0. The molecule has 3 heteroatoms. The van der Waals surface area contributed by atoms with Gasteiger partial charge in [0.15, 0.2) is 0 Å². The molecule has 1 saturated carbocycles. The molecule has 1 aliphatic rings. The second kappa shape index (κ2) is 7.39. The molecule has 2 rings (SSSR count). The van der Waals surface area contributed by atoms with Gasteiger partial charge in [-0.25, -0.2) is 0 Å². The second-order valence-electron chi connectivity index (χ2n) is 5.01. The predicted molar refractivity (Wildman–Crippen MR) is 78.0 cm³/mol. The van der Waals surface area contributed by atoms with Crippen LogP contribution in [0.25, 0.3) is 0 Å². The van der Waals surface area contributed by atoms with Gasteiger partial charge in [0.25, 0.3) is 0 Å². The van der Waals surface area contributed by atoms with Crippen molar-refractivity contribution in [2.24, 2.45) is 0 Å². The van der Waals surface area contributed by atoms with E-state index in [4.69, 9.17) is 9.47 Å². The van der Waals surface area contributed by atoms with Gasteiger partial charge in [-0.2, -0.15) is 0 Å². The quantitative estimate of drug-likeness (QED) is 0.853. The summed E-state index contributed by atoms with van der Waals surface area (Å²) in [5.41, 5.74) is 0. The minimum absolute atomic E-state index is 0.283. The molecule has 1 aromatic rings. The molecule has 0 bridgehead atoms. The average molecular weight is 263 g/mol. The number of likely N-dealkylation sites (N-methyl/N-ethyl adjacent to an activating group) is 1. The SMILES string of the molecule is CCNC1CCCCC1Oc1cccc(OCC)c1. The van der Waals surface area contributed by atoms with E-state index in [2.05, 4.69) is 12.2 Å². The summed E-state index contributed by atoms with van der Waals surface area (Å²) in [6.45, 7) is 5.84. The molecule has 0 aromatic heterocycles. The molecule has 19 heavy (non-hydrogen) atoms. The first-order valence-electron chi connectivity index (χ1n) is 7.46. The highest BCUT2D eigenvalue weighted by Crippen LogP contribution is 2.26. The highest BCUT2D eigenvalue weighted by Gasteiger charge is 2.25. The van der Waals surface area contributed by atoms with Crippen molar-refractivity contribution in [1.29, 1.82) is 0 Å². The number of hydrogen-bond acceptors (Lipinski definition) is 3. The molecule has 0 saturated heterocycles. The van der Waals surface area contributed by atoms with Crippen molar-refractivity contribution in [2.45, 2.75) is 51.7 Å². The normalized spacial score (nSPS) is 23.1. The van der Waals surface area contributed by atoms with Crippen molar-refractivity contribution < 1.29 is 9.47 Å². The van der Waals surface area contributed by atoms with Crippen LogP contribution in [-0.2, 0) is 0 Å². The fourth-order valence-electron chi connectivity index (χ4n) is 2.71. The highest BCUT2D eigenvalue weighted by molar-refractivity contribution is 5.33. The molecule has 0 spiro atoms. The zero-order chi connectivity index (χ0) is 13.5. The summed E-state index contributed by atoms with van der Waals surface area (Å²) in [6, 6.07) is 8.44. The van der Waals surface area contributed by atoms with Crippen molar-refractivity contribution in [3.05, 3.63) is 24.3 Å². The van der Waals surface area contributed by atoms with Crippen LogP contribution in [0.3, 0.4) is 0 Å². The molecule has 0 radical (unpaired) electrons. The van der Waals surface area contributed by atoms with Crippen molar-refractivity contribution >= 4 is 0 Å². The van der Waals surface area contributed by atoms with Crippen molar-refractivity contribution in [2.75, 3.05) is 13.2 Å². The summed E-state index contributed by atoms with van der Waals surface area (Å²) in [5.74, 6) is 1.80. The molecule has 0 heterocycles. The molecule has 1 fully saturated rings. The summed E-state index contributed by atoms with van der Waals surface area (Å²) in [5, 5.41) is 3.54. The summed E-state index contributed by atoms with van der Waals surface area (Å²) >= 11 is 0. The van der Waals surface area contributed by atoms with Gasteiger partial charge in [-0.05, 0) is 44.9 Å². The summed E-state index contributed by atoms with van der Waals surface area (Å²) < 4.78 is 11.7. The molecule has 2 unspecified atom stereocenters. The van der Waals surface area contributed by atoms with Crippen LogP contribution in [0, 0.1) is 0 Å². The van der Waals surface area contributed by atoms with Gasteiger partial charge in [-0.1, -0.05) is 19.4 Å². The maximum absolute atomic E-state index is 6.16. The Balaban J connectivity index is 1.99. The number of benzene rings is 1. The van der Waals surface area contributed by atoms with Gasteiger partial charge in [0, 0.05) is 12.1 Å². The van der Waals surface area contributed by atoms with Gasteiger partial charge in [-0.15, -0.1) is 0 Å². The highest BCUT2D eigenvalue weighted by atomic mass is 16.5. The third-order valence-corrected chi connectivity index (χ3v) is 3.57. The van der Waals surface area contributed by atoms with Gasteiger partial charge >= 0.3 is 0 Å². The Morgan fingerprint density at radius 1 is 1.16 bits per heavy atom. The smallest absolute Gasteiger partial charge is 0.123 e. The Morgan fingerprint density at radius 2 is 1.95 bits per heavy atom. The first-order chi connectivity index (χ1) is 9.33. The lowest BCUT2D eigenvalue weighted by Gasteiger charge is -2.32. The number of hydrogen-bond donors (Lipinski definition) is 1. The van der Waals surface area contributed by atoms with E-state index < -0.39 is 0 Å². The zero-order valence-electron chi connectivity index (χ0n) is 12.0. The number of nitrogens with one attached hydrogen (secondary N) is 1. The Bertz CT molecular complexity index is 379. The number of rotatable bonds is 6. The maximum Gasteiger partial charge on any atom is 0.123 e. The van der Waals surface area contributed by atoms with E-state index in [1.54, 1.807) is 0 Å². The van der Waals surface area contributed by atoms with Crippen LogP contribution in [0.1, 0.15) is 39.5 Å². The van der Waals surface area contributed by atoms with Gasteiger partial charge in [-0.3, -0.25) is 0 Å². The van der Waals surface area contributed by atoms with Crippen molar-refractivity contribution in [1.82, 2.24) is 5.32 Å². The Labute approximate surface area is 116 Å². The molecule has 0 aliphatic heterocycles. The van der Waals surface area contributed by atoms with E-state index in [0.29, 0.717) is 12.6 Å². The van der Waals surface area contributed by atoms with Gasteiger partial charge in [0.2, 0.25) is 0 Å². The molecule has 1 aromatic carbocycles. The molecule has 106 valence electrons. The van der Waals surface area contributed by atoms with Crippen molar-refractivity contribution in [3.63, 3.8) is 0 Å². The molecular weight excluding hydrogens is 238 g/mol. The maximum atomic E-state index is 6.16. The third-order valence-electron chi connectivity index (χ3n) is 3.57. The fourth-order valence-corrected chi connectivity index (χ4v) is 2.71. The lowest BCUT2D eigenvalue weighted by molar-refractivity contribution is 0.114. The Kier molecular flexibility index (Phi) is 5.52. The summed E-state index contributed by atoms with van der Waals surface area (Å²) in [7, 11) is 0. The van der Waals surface area contributed by atoms with E-state index in [9.17, 15) is 0 Å². The average Bonchev–Trinajstić information content (AvgIpc) is 2.42. The Morgan fingerprint density at radius 3 is 2.74 bits per heavy atom. The topological polar surface area (TPSA) is 30.5 Å². The predicted octanol–water partition coefficient (Wildman–Crippen LogP) is 3.38. The van der Waals surface area contributed by atoms with Crippen molar-refractivity contribution in [3.8, 4) is 11.5 Å². The van der Waals surface area contributed by atoms with E-state index in [0.717, 1.165) is 24.5 Å². The van der Waals surface area contributed by atoms with E-state index >= 15 is 0 Å². The molecule has 1 N–H and O–H groups in total. The molecule has 1 aliphatic carbocycles. The van der Waals surface area contributed by atoms with E-state index in [-0.39, 0.29) is 6.10 Å². The van der Waals surface area contributed by atoms with Gasteiger partial charge in [0.1, 0.15) is 17.6 Å². The molecular formula is C16H25NO2. The largest absolute Gasteiger partial charge is 0.494 e. The third kappa shape index (κ3) is 4.13. The minimum atomic E-state index is 0.283. The molecule has 3 nitrogen and oxygen atoms in total. The van der Waals surface area contributed by atoms with Crippen LogP contribution < -0.4 is 14.8 Å². The van der Waals surface area contributed by atoms with Crippen LogP contribution in [0.15, 0.2) is 24.3 Å². The Hall–Kier alpha value is -1.22. The number of ether oxygens (including phenoxy) is 2. The van der Waals surface area contributed by atoms with E-state index in [1.807, 2.05) is 31.2 Å². The minimum Gasteiger partial charge on any atom is -0.494 e.